The molecule has 4 aliphatic heterocycles. The van der Waals surface area contributed by atoms with Crippen LogP contribution in [0.5, 0.6) is 5.75 Å². The lowest BCUT2D eigenvalue weighted by Crippen LogP contribution is -2.59. The fourth-order valence-corrected chi connectivity index (χ4v) is 7.31. The van der Waals surface area contributed by atoms with E-state index in [1.807, 2.05) is 4.90 Å². The van der Waals surface area contributed by atoms with Gasteiger partial charge in [0.05, 0.1) is 5.69 Å². The third-order valence-corrected chi connectivity index (χ3v) is 9.42. The molecular formula is C30H35ClN6O2. The largest absolute Gasteiger partial charge is 0.508 e. The minimum absolute atomic E-state index is 0.0184. The predicted molar refractivity (Wildman–Crippen MR) is 152 cm³/mol. The molecule has 1 aromatic heterocycles. The zero-order valence-electron chi connectivity index (χ0n) is 22.5. The molecule has 2 aromatic rings. The summed E-state index contributed by atoms with van der Waals surface area (Å²) in [4.78, 5) is 26.3. The molecule has 39 heavy (non-hydrogen) atoms. The van der Waals surface area contributed by atoms with Gasteiger partial charge in [-0.15, -0.1) is 0 Å². The Hall–Kier alpha value is -3.12. The highest BCUT2D eigenvalue weighted by molar-refractivity contribution is 6.33. The molecule has 0 saturated carbocycles. The van der Waals surface area contributed by atoms with E-state index >= 15 is 0 Å². The van der Waals surface area contributed by atoms with E-state index < -0.39 is 0 Å². The molecule has 5 heterocycles. The number of nitriles is 1. The van der Waals surface area contributed by atoms with Gasteiger partial charge in [-0.3, -0.25) is 9.69 Å². The van der Waals surface area contributed by atoms with Gasteiger partial charge in [-0.2, -0.15) is 5.26 Å². The number of likely N-dealkylation sites (tertiary alicyclic amines) is 2. The molecule has 9 heteroatoms. The summed E-state index contributed by atoms with van der Waals surface area (Å²) in [5.74, 6) is 0.784. The molecule has 0 aliphatic carbocycles. The average molecular weight is 547 g/mol. The van der Waals surface area contributed by atoms with Gasteiger partial charge < -0.3 is 19.8 Å². The number of pyridine rings is 1. The Morgan fingerprint density at radius 2 is 2.10 bits per heavy atom. The summed E-state index contributed by atoms with van der Waals surface area (Å²) in [6.45, 7) is 10.4. The second-order valence-corrected chi connectivity index (χ2v) is 12.1. The minimum atomic E-state index is -0.0297. The minimum Gasteiger partial charge on any atom is -0.508 e. The fraction of sp³-hybridized carbons (Fsp3) is 0.500. The van der Waals surface area contributed by atoms with Crippen LogP contribution < -0.4 is 4.90 Å². The summed E-state index contributed by atoms with van der Waals surface area (Å²) < 4.78 is 0. The number of aromatic hydroxyl groups is 1. The second-order valence-electron chi connectivity index (χ2n) is 11.7. The van der Waals surface area contributed by atoms with Crippen LogP contribution in [-0.2, 0) is 17.8 Å². The van der Waals surface area contributed by atoms with Crippen LogP contribution >= 0.6 is 11.6 Å². The van der Waals surface area contributed by atoms with Crippen LogP contribution in [0.4, 0.5) is 5.82 Å². The molecule has 1 atom stereocenters. The van der Waals surface area contributed by atoms with Crippen molar-refractivity contribution in [1.82, 2.24) is 19.7 Å². The van der Waals surface area contributed by atoms with Crippen LogP contribution in [0.2, 0.25) is 5.02 Å². The fourth-order valence-electron chi connectivity index (χ4n) is 7.09. The monoisotopic (exact) mass is 546 g/mol. The first-order valence-electron chi connectivity index (χ1n) is 13.8. The van der Waals surface area contributed by atoms with Crippen LogP contribution in [-0.4, -0.2) is 89.6 Å². The smallest absolute Gasteiger partial charge is 0.245 e. The molecule has 0 bridgehead atoms. The van der Waals surface area contributed by atoms with Crippen molar-refractivity contribution >= 4 is 23.3 Å². The molecule has 1 spiro atoms. The topological polar surface area (TPSA) is 86.9 Å². The zero-order chi connectivity index (χ0) is 27.3. The lowest BCUT2D eigenvalue weighted by molar-refractivity contribution is -0.136. The Balaban J connectivity index is 1.40. The Bertz CT molecular complexity index is 1360. The van der Waals surface area contributed by atoms with Crippen LogP contribution in [0.25, 0.3) is 11.1 Å². The van der Waals surface area contributed by atoms with Crippen molar-refractivity contribution in [2.45, 2.75) is 38.3 Å². The summed E-state index contributed by atoms with van der Waals surface area (Å²) in [5, 5.41) is 21.4. The van der Waals surface area contributed by atoms with Gasteiger partial charge in [0.25, 0.3) is 0 Å². The quantitative estimate of drug-likeness (QED) is 0.586. The molecule has 0 radical (unpaired) electrons. The molecule has 8 nitrogen and oxygen atoms in total. The van der Waals surface area contributed by atoms with Crippen molar-refractivity contribution in [1.29, 1.82) is 5.26 Å². The van der Waals surface area contributed by atoms with Gasteiger partial charge in [-0.05, 0) is 69.1 Å². The van der Waals surface area contributed by atoms with Crippen molar-refractivity contribution in [3.8, 4) is 22.9 Å². The number of aromatic nitrogens is 1. The normalized spacial score (nSPS) is 22.8. The molecule has 6 rings (SSSR count). The van der Waals surface area contributed by atoms with E-state index in [0.29, 0.717) is 41.1 Å². The molecule has 1 amide bonds. The van der Waals surface area contributed by atoms with Gasteiger partial charge in [0.15, 0.2) is 0 Å². The van der Waals surface area contributed by atoms with Crippen molar-refractivity contribution in [2.24, 2.45) is 5.41 Å². The molecule has 4 aliphatic rings. The molecule has 204 valence electrons. The molecule has 1 aromatic carbocycles. The number of fused-ring (bicyclic) bond motifs is 1. The SMILES string of the molecule is C=CC(=O)N1CC2(CCN(c3nc4c(c(-c5cc(O)ccc5Cl)c3C#N)CCN([C@@H]3CCCN(C)C3)C4)C2)C1. The maximum Gasteiger partial charge on any atom is 0.245 e. The standard InChI is InChI=1S/C30H35ClN6O2/c1-3-27(39)37-18-30(19-37)9-12-36(17-30)29-24(14-32)28(23-13-21(38)6-7-25(23)31)22-8-11-35(16-26(22)33-29)20-5-4-10-34(2)15-20/h3,6-7,13,20,38H,1,4-5,8-12,15-19H2,2H3/t20-/m1/s1. The van der Waals surface area contributed by atoms with Gasteiger partial charge >= 0.3 is 0 Å². The number of anilines is 1. The van der Waals surface area contributed by atoms with E-state index in [1.165, 1.54) is 18.9 Å². The van der Waals surface area contributed by atoms with E-state index in [4.69, 9.17) is 16.6 Å². The van der Waals surface area contributed by atoms with Crippen molar-refractivity contribution in [3.05, 3.63) is 52.7 Å². The van der Waals surface area contributed by atoms with Crippen molar-refractivity contribution in [3.63, 3.8) is 0 Å². The first-order valence-corrected chi connectivity index (χ1v) is 14.2. The summed E-state index contributed by atoms with van der Waals surface area (Å²) in [5.41, 5.74) is 4.07. The van der Waals surface area contributed by atoms with E-state index in [9.17, 15) is 15.2 Å². The number of carbonyl (C=O) groups excluding carboxylic acids is 1. The number of hydrogen-bond donors (Lipinski definition) is 1. The van der Waals surface area contributed by atoms with Crippen LogP contribution in [0, 0.1) is 16.7 Å². The highest BCUT2D eigenvalue weighted by atomic mass is 35.5. The van der Waals surface area contributed by atoms with Crippen molar-refractivity contribution < 1.29 is 9.90 Å². The first kappa shape index (κ1) is 26.1. The third-order valence-electron chi connectivity index (χ3n) is 9.09. The number of piperidine rings is 1. The number of benzene rings is 1. The Labute approximate surface area is 235 Å². The average Bonchev–Trinajstić information content (AvgIpc) is 3.38. The number of carbonyl (C=O) groups is 1. The number of rotatable bonds is 4. The number of phenolic OH excluding ortho intramolecular Hbond substituents is 1. The van der Waals surface area contributed by atoms with E-state index in [1.54, 1.807) is 18.2 Å². The van der Waals surface area contributed by atoms with E-state index in [2.05, 4.69) is 34.4 Å². The van der Waals surface area contributed by atoms with Crippen LogP contribution in [0.15, 0.2) is 30.9 Å². The van der Waals surface area contributed by atoms with E-state index in [0.717, 1.165) is 68.9 Å². The molecule has 0 unspecified atom stereocenters. The van der Waals surface area contributed by atoms with E-state index in [-0.39, 0.29) is 17.1 Å². The van der Waals surface area contributed by atoms with Crippen LogP contribution in [0.3, 0.4) is 0 Å². The van der Waals surface area contributed by atoms with Gasteiger partial charge in [-0.25, -0.2) is 4.98 Å². The maximum atomic E-state index is 12.1. The molecular weight excluding hydrogens is 512 g/mol. The molecule has 3 saturated heterocycles. The maximum absolute atomic E-state index is 12.1. The Morgan fingerprint density at radius 1 is 1.28 bits per heavy atom. The zero-order valence-corrected chi connectivity index (χ0v) is 23.3. The van der Waals surface area contributed by atoms with Gasteiger partial charge in [0.2, 0.25) is 5.91 Å². The predicted octanol–water partition coefficient (Wildman–Crippen LogP) is 3.66. The lowest BCUT2D eigenvalue weighted by Gasteiger charge is -2.47. The van der Waals surface area contributed by atoms with Crippen molar-refractivity contribution in [2.75, 3.05) is 57.8 Å². The number of halogens is 1. The summed E-state index contributed by atoms with van der Waals surface area (Å²) in [6.07, 6.45) is 5.48. The highest BCUT2D eigenvalue weighted by Crippen LogP contribution is 2.45. The van der Waals surface area contributed by atoms with Gasteiger partial charge in [0.1, 0.15) is 23.2 Å². The van der Waals surface area contributed by atoms with Gasteiger partial charge in [0, 0.05) is 73.4 Å². The second kappa shape index (κ2) is 10.1. The Kier molecular flexibility index (Phi) is 6.78. The molecule has 3 fully saturated rings. The summed E-state index contributed by atoms with van der Waals surface area (Å²) in [7, 11) is 2.19. The number of hydrogen-bond acceptors (Lipinski definition) is 7. The number of amides is 1. The lowest BCUT2D eigenvalue weighted by atomic mass is 9.79. The number of phenols is 1. The summed E-state index contributed by atoms with van der Waals surface area (Å²) >= 11 is 6.70. The summed E-state index contributed by atoms with van der Waals surface area (Å²) in [6, 6.07) is 7.90. The number of nitrogens with zero attached hydrogens (tertiary/aromatic N) is 6. The number of likely N-dealkylation sites (N-methyl/N-ethyl adjacent to an activating group) is 1. The highest BCUT2D eigenvalue weighted by Gasteiger charge is 2.49. The van der Waals surface area contributed by atoms with Crippen LogP contribution in [0.1, 0.15) is 36.1 Å². The third kappa shape index (κ3) is 4.67. The van der Waals surface area contributed by atoms with Gasteiger partial charge in [-0.1, -0.05) is 18.2 Å². The Morgan fingerprint density at radius 3 is 2.85 bits per heavy atom. The molecule has 1 N–H and O–H groups in total. The first-order chi connectivity index (χ1) is 18.8.